The van der Waals surface area contributed by atoms with Gasteiger partial charge >= 0.3 is 0 Å². The summed E-state index contributed by atoms with van der Waals surface area (Å²) >= 11 is 1.38. The van der Waals surface area contributed by atoms with E-state index in [1.165, 1.54) is 23.5 Å². The Morgan fingerprint density at radius 3 is 2.53 bits per heavy atom. The van der Waals surface area contributed by atoms with Crippen LogP contribution in [0.2, 0.25) is 0 Å². The molecule has 9 heteroatoms. The number of nitro benzene ring substituents is 1. The van der Waals surface area contributed by atoms with Gasteiger partial charge in [-0.05, 0) is 19.1 Å². The summed E-state index contributed by atoms with van der Waals surface area (Å²) in [5.41, 5.74) is 0.982. The average molecular weight is 426 g/mol. The molecule has 4 rings (SSSR count). The average Bonchev–Trinajstić information content (AvgIpc) is 3.16. The van der Waals surface area contributed by atoms with E-state index in [2.05, 4.69) is 23.7 Å². The van der Waals surface area contributed by atoms with Crippen molar-refractivity contribution in [3.8, 4) is 0 Å². The maximum Gasteiger partial charge on any atom is 0.270 e. The molecule has 30 heavy (non-hydrogen) atoms. The summed E-state index contributed by atoms with van der Waals surface area (Å²) in [6.07, 6.45) is 0. The van der Waals surface area contributed by atoms with E-state index in [9.17, 15) is 14.9 Å². The van der Waals surface area contributed by atoms with Gasteiger partial charge in [-0.15, -0.1) is 11.3 Å². The number of rotatable bonds is 4. The van der Waals surface area contributed by atoms with Crippen molar-refractivity contribution in [3.05, 3.63) is 56.8 Å². The molecular weight excluding hydrogens is 402 g/mol. The smallest absolute Gasteiger partial charge is 0.270 e. The lowest BCUT2D eigenvalue weighted by atomic mass is 10.2. The second kappa shape index (κ2) is 7.98. The minimum Gasteiger partial charge on any atom is -0.353 e. The molecule has 3 aromatic rings. The van der Waals surface area contributed by atoms with Crippen LogP contribution in [0, 0.1) is 17.0 Å². The van der Waals surface area contributed by atoms with Crippen LogP contribution in [0.25, 0.3) is 10.1 Å². The molecule has 0 saturated carbocycles. The third-order valence-corrected chi connectivity index (χ3v) is 6.29. The highest BCUT2D eigenvalue weighted by atomic mass is 32.1. The maximum atomic E-state index is 13.0. The first-order valence-electron chi connectivity index (χ1n) is 9.89. The molecule has 0 radical (unpaired) electrons. The highest BCUT2D eigenvalue weighted by Gasteiger charge is 2.25. The number of benzene rings is 1. The monoisotopic (exact) mass is 425 g/mol. The Morgan fingerprint density at radius 2 is 1.87 bits per heavy atom. The zero-order valence-corrected chi connectivity index (χ0v) is 18.0. The SMILES string of the molecule is Cc1cc(N2CCN(C(=O)c3cc4cc([N+](=O)[O-])ccc4s3)CC2)nc(C(C)C)n1. The number of nitrogens with zero attached hydrogens (tertiary/aromatic N) is 5. The molecule has 1 saturated heterocycles. The first-order chi connectivity index (χ1) is 14.3. The van der Waals surface area contributed by atoms with Gasteiger partial charge in [-0.2, -0.15) is 0 Å². The number of piperazine rings is 1. The van der Waals surface area contributed by atoms with Gasteiger partial charge < -0.3 is 9.80 Å². The Morgan fingerprint density at radius 1 is 1.13 bits per heavy atom. The van der Waals surface area contributed by atoms with Gasteiger partial charge in [0.05, 0.1) is 9.80 Å². The molecule has 0 N–H and O–H groups in total. The summed E-state index contributed by atoms with van der Waals surface area (Å²) in [7, 11) is 0. The molecular formula is C21H23N5O3S. The molecule has 0 aliphatic carbocycles. The summed E-state index contributed by atoms with van der Waals surface area (Å²) in [4.78, 5) is 37.4. The highest BCUT2D eigenvalue weighted by molar-refractivity contribution is 7.20. The van der Waals surface area contributed by atoms with Gasteiger partial charge in [0, 0.05) is 66.1 Å². The number of hydrogen-bond acceptors (Lipinski definition) is 7. The number of anilines is 1. The molecule has 8 nitrogen and oxygen atoms in total. The lowest BCUT2D eigenvalue weighted by molar-refractivity contribution is -0.384. The van der Waals surface area contributed by atoms with Gasteiger partial charge in [-0.3, -0.25) is 14.9 Å². The van der Waals surface area contributed by atoms with E-state index in [0.717, 1.165) is 27.4 Å². The van der Waals surface area contributed by atoms with Crippen LogP contribution in [0.3, 0.4) is 0 Å². The van der Waals surface area contributed by atoms with Crippen molar-refractivity contribution in [3.63, 3.8) is 0 Å². The van der Waals surface area contributed by atoms with Gasteiger partial charge in [0.2, 0.25) is 0 Å². The largest absolute Gasteiger partial charge is 0.353 e. The van der Waals surface area contributed by atoms with E-state index in [4.69, 9.17) is 4.98 Å². The molecule has 0 spiro atoms. The van der Waals surface area contributed by atoms with Crippen LogP contribution in [0.5, 0.6) is 0 Å². The summed E-state index contributed by atoms with van der Waals surface area (Å²) in [6, 6.07) is 8.44. The fourth-order valence-electron chi connectivity index (χ4n) is 3.54. The zero-order valence-electron chi connectivity index (χ0n) is 17.2. The Labute approximate surface area is 178 Å². The lowest BCUT2D eigenvalue weighted by Gasteiger charge is -2.35. The number of fused-ring (bicyclic) bond motifs is 1. The minimum atomic E-state index is -0.419. The molecule has 3 heterocycles. The van der Waals surface area contributed by atoms with Gasteiger partial charge in [-0.25, -0.2) is 9.97 Å². The molecule has 2 aromatic heterocycles. The third-order valence-electron chi connectivity index (χ3n) is 5.19. The van der Waals surface area contributed by atoms with Crippen molar-refractivity contribution in [2.45, 2.75) is 26.7 Å². The number of thiophene rings is 1. The lowest BCUT2D eigenvalue weighted by Crippen LogP contribution is -2.49. The number of amides is 1. The summed E-state index contributed by atoms with van der Waals surface area (Å²) in [5.74, 6) is 1.98. The maximum absolute atomic E-state index is 13.0. The molecule has 1 amide bonds. The fraction of sp³-hybridized carbons (Fsp3) is 0.381. The van der Waals surface area contributed by atoms with Crippen LogP contribution in [-0.4, -0.2) is 51.9 Å². The number of non-ortho nitro benzene ring substituents is 1. The molecule has 1 fully saturated rings. The van der Waals surface area contributed by atoms with Crippen molar-refractivity contribution in [2.75, 3.05) is 31.1 Å². The van der Waals surface area contributed by atoms with E-state index < -0.39 is 4.92 Å². The molecule has 0 atom stereocenters. The number of carbonyl (C=O) groups excluding carboxylic acids is 1. The molecule has 1 aliphatic heterocycles. The number of hydrogen-bond donors (Lipinski definition) is 0. The number of nitro groups is 1. The van der Waals surface area contributed by atoms with Crippen LogP contribution in [0.15, 0.2) is 30.3 Å². The summed E-state index contributed by atoms with van der Waals surface area (Å²) in [5, 5.41) is 11.7. The van der Waals surface area contributed by atoms with Crippen molar-refractivity contribution in [1.29, 1.82) is 0 Å². The molecule has 156 valence electrons. The van der Waals surface area contributed by atoms with Crippen LogP contribution in [-0.2, 0) is 0 Å². The molecule has 1 aromatic carbocycles. The first-order valence-corrected chi connectivity index (χ1v) is 10.7. The first kappa shape index (κ1) is 20.2. The van der Waals surface area contributed by atoms with Crippen molar-refractivity contribution >= 4 is 38.8 Å². The minimum absolute atomic E-state index is 0.0276. The number of aromatic nitrogens is 2. The molecule has 0 unspecified atom stereocenters. The van der Waals surface area contributed by atoms with Crippen LogP contribution in [0.4, 0.5) is 11.5 Å². The van der Waals surface area contributed by atoms with E-state index in [0.29, 0.717) is 31.1 Å². The predicted molar refractivity (Wildman–Crippen MR) is 117 cm³/mol. The fourth-order valence-corrected chi connectivity index (χ4v) is 4.55. The Hall–Kier alpha value is -3.07. The Kier molecular flexibility index (Phi) is 5.38. The summed E-state index contributed by atoms with van der Waals surface area (Å²) in [6.45, 7) is 8.75. The van der Waals surface area contributed by atoms with Crippen LogP contribution < -0.4 is 4.90 Å². The predicted octanol–water partition coefficient (Wildman–Crippen LogP) is 3.99. The van der Waals surface area contributed by atoms with Crippen molar-refractivity contribution < 1.29 is 9.72 Å². The van der Waals surface area contributed by atoms with Gasteiger partial charge in [0.25, 0.3) is 11.6 Å². The topological polar surface area (TPSA) is 92.5 Å². The second-order valence-electron chi connectivity index (χ2n) is 7.75. The van der Waals surface area contributed by atoms with Crippen molar-refractivity contribution in [2.24, 2.45) is 0 Å². The highest BCUT2D eigenvalue weighted by Crippen LogP contribution is 2.30. The molecule has 1 aliphatic rings. The summed E-state index contributed by atoms with van der Waals surface area (Å²) < 4.78 is 0.875. The molecule has 0 bridgehead atoms. The standard InChI is InChI=1S/C21H23N5O3S/c1-13(2)20-22-14(3)10-19(23-20)24-6-8-25(9-7-24)21(27)18-12-15-11-16(26(28)29)4-5-17(15)30-18/h4-5,10-13H,6-9H2,1-3H3. The normalized spacial score (nSPS) is 14.5. The van der Waals surface area contributed by atoms with E-state index in [-0.39, 0.29) is 17.5 Å². The Balaban J connectivity index is 1.47. The Bertz CT molecular complexity index is 1120. The van der Waals surface area contributed by atoms with E-state index in [1.54, 1.807) is 12.1 Å². The van der Waals surface area contributed by atoms with Gasteiger partial charge in [0.1, 0.15) is 11.6 Å². The quantitative estimate of drug-likeness (QED) is 0.463. The number of aryl methyl sites for hydroxylation is 1. The van der Waals surface area contributed by atoms with Crippen LogP contribution in [0.1, 0.15) is 41.0 Å². The third kappa shape index (κ3) is 3.97. The van der Waals surface area contributed by atoms with Gasteiger partial charge in [0.15, 0.2) is 0 Å². The van der Waals surface area contributed by atoms with E-state index in [1.807, 2.05) is 17.9 Å². The van der Waals surface area contributed by atoms with Gasteiger partial charge in [-0.1, -0.05) is 13.8 Å². The van der Waals surface area contributed by atoms with Crippen LogP contribution >= 0.6 is 11.3 Å². The number of carbonyl (C=O) groups is 1. The van der Waals surface area contributed by atoms with E-state index >= 15 is 0 Å². The van der Waals surface area contributed by atoms with Crippen molar-refractivity contribution in [1.82, 2.24) is 14.9 Å². The zero-order chi connectivity index (χ0) is 21.4. The second-order valence-corrected chi connectivity index (χ2v) is 8.83.